The first-order chi connectivity index (χ1) is 7.56. The van der Waals surface area contributed by atoms with E-state index in [2.05, 4.69) is 15.9 Å². The second-order valence-corrected chi connectivity index (χ2v) is 5.65. The maximum Gasteiger partial charge on any atom is 0.255 e. The van der Waals surface area contributed by atoms with Gasteiger partial charge in [-0.05, 0) is 24.5 Å². The first-order valence-electron chi connectivity index (χ1n) is 4.75. The van der Waals surface area contributed by atoms with Crippen LogP contribution >= 0.6 is 39.3 Å². The average Bonchev–Trinajstić information content (AvgIpc) is 2.28. The second-order valence-electron chi connectivity index (χ2n) is 3.34. The van der Waals surface area contributed by atoms with Gasteiger partial charge in [0.2, 0.25) is 0 Å². The molecule has 0 saturated carbocycles. The van der Waals surface area contributed by atoms with Gasteiger partial charge in [0.05, 0.1) is 10.6 Å². The Balaban J connectivity index is 2.83. The summed E-state index contributed by atoms with van der Waals surface area (Å²) in [7, 11) is 1.79. The Hall–Kier alpha value is -0.190. The molecule has 0 spiro atoms. The van der Waals surface area contributed by atoms with Crippen molar-refractivity contribution in [2.45, 2.75) is 0 Å². The van der Waals surface area contributed by atoms with E-state index in [1.54, 1.807) is 35.8 Å². The normalized spacial score (nSPS) is 10.2. The average molecular weight is 323 g/mol. The van der Waals surface area contributed by atoms with Gasteiger partial charge in [-0.25, -0.2) is 0 Å². The summed E-state index contributed by atoms with van der Waals surface area (Å²) in [4.78, 5) is 13.7. The van der Waals surface area contributed by atoms with Gasteiger partial charge < -0.3 is 4.90 Å². The van der Waals surface area contributed by atoms with Gasteiger partial charge in [0, 0.05) is 23.8 Å². The fraction of sp³-hybridized carbons (Fsp3) is 0.364. The third-order valence-electron chi connectivity index (χ3n) is 2.14. The van der Waals surface area contributed by atoms with Crippen molar-refractivity contribution in [3.05, 3.63) is 33.3 Å². The van der Waals surface area contributed by atoms with E-state index in [4.69, 9.17) is 11.6 Å². The van der Waals surface area contributed by atoms with Crippen molar-refractivity contribution in [2.75, 3.05) is 25.6 Å². The van der Waals surface area contributed by atoms with Gasteiger partial charge in [0.1, 0.15) is 0 Å². The zero-order chi connectivity index (χ0) is 12.1. The molecule has 0 radical (unpaired) electrons. The number of carbonyl (C=O) groups excluding carboxylic acids is 1. The molecule has 1 aromatic rings. The van der Waals surface area contributed by atoms with Crippen LogP contribution in [0.1, 0.15) is 10.4 Å². The lowest BCUT2D eigenvalue weighted by atomic mass is 10.2. The second kappa shape index (κ2) is 6.52. The number of hydrogen-bond donors (Lipinski definition) is 0. The molecule has 0 aliphatic carbocycles. The molecule has 0 heterocycles. The molecule has 88 valence electrons. The number of rotatable bonds is 4. The van der Waals surface area contributed by atoms with Crippen molar-refractivity contribution in [1.29, 1.82) is 0 Å². The quantitative estimate of drug-likeness (QED) is 0.845. The van der Waals surface area contributed by atoms with E-state index in [0.717, 1.165) is 16.8 Å². The lowest BCUT2D eigenvalue weighted by Gasteiger charge is -2.17. The minimum atomic E-state index is -0.0413. The standard InChI is InChI=1S/C11H13BrClNOS/c1-14(5-6-16-2)11(15)9-7-8(12)3-4-10(9)13/h3-4,7H,5-6H2,1-2H3. The van der Waals surface area contributed by atoms with Gasteiger partial charge in [0.15, 0.2) is 0 Å². The van der Waals surface area contributed by atoms with Gasteiger partial charge in [-0.3, -0.25) is 4.79 Å². The fourth-order valence-electron chi connectivity index (χ4n) is 1.20. The van der Waals surface area contributed by atoms with E-state index in [-0.39, 0.29) is 5.91 Å². The molecule has 16 heavy (non-hydrogen) atoms. The van der Waals surface area contributed by atoms with E-state index in [1.807, 2.05) is 12.3 Å². The number of halogens is 2. The van der Waals surface area contributed by atoms with Crippen molar-refractivity contribution < 1.29 is 4.79 Å². The molecule has 0 N–H and O–H groups in total. The predicted octanol–water partition coefficient (Wildman–Crippen LogP) is 3.54. The minimum Gasteiger partial charge on any atom is -0.341 e. The molecule has 1 amide bonds. The molecule has 2 nitrogen and oxygen atoms in total. The number of hydrogen-bond acceptors (Lipinski definition) is 2. The first-order valence-corrected chi connectivity index (χ1v) is 7.32. The van der Waals surface area contributed by atoms with Crippen molar-refractivity contribution in [2.24, 2.45) is 0 Å². The summed E-state index contributed by atoms with van der Waals surface area (Å²) in [5.74, 6) is 0.883. The monoisotopic (exact) mass is 321 g/mol. The molecular weight excluding hydrogens is 310 g/mol. The predicted molar refractivity (Wildman–Crippen MR) is 74.5 cm³/mol. The molecule has 0 fully saturated rings. The Morgan fingerprint density at radius 3 is 2.88 bits per heavy atom. The Bertz CT molecular complexity index is 386. The topological polar surface area (TPSA) is 20.3 Å². The SMILES string of the molecule is CSCCN(C)C(=O)c1cc(Br)ccc1Cl. The van der Waals surface area contributed by atoms with Crippen LogP contribution in [-0.4, -0.2) is 36.4 Å². The van der Waals surface area contributed by atoms with Gasteiger partial charge in [-0.2, -0.15) is 11.8 Å². The van der Waals surface area contributed by atoms with Gasteiger partial charge in [-0.1, -0.05) is 27.5 Å². The Morgan fingerprint density at radius 1 is 1.56 bits per heavy atom. The number of benzene rings is 1. The fourth-order valence-corrected chi connectivity index (χ4v) is 2.21. The highest BCUT2D eigenvalue weighted by Gasteiger charge is 2.14. The van der Waals surface area contributed by atoms with Crippen LogP contribution in [-0.2, 0) is 0 Å². The lowest BCUT2D eigenvalue weighted by Crippen LogP contribution is -2.29. The maximum absolute atomic E-state index is 12.0. The van der Waals surface area contributed by atoms with Crippen LogP contribution in [0, 0.1) is 0 Å². The number of carbonyl (C=O) groups is 1. The van der Waals surface area contributed by atoms with Crippen LogP contribution in [0.25, 0.3) is 0 Å². The third kappa shape index (κ3) is 3.68. The van der Waals surface area contributed by atoms with E-state index in [9.17, 15) is 4.79 Å². The summed E-state index contributed by atoms with van der Waals surface area (Å²) >= 11 is 11.0. The largest absolute Gasteiger partial charge is 0.341 e. The molecule has 1 aromatic carbocycles. The molecule has 0 unspecified atom stereocenters. The molecule has 0 aliphatic rings. The Morgan fingerprint density at radius 2 is 2.25 bits per heavy atom. The molecule has 5 heteroatoms. The van der Waals surface area contributed by atoms with Gasteiger partial charge >= 0.3 is 0 Å². The van der Waals surface area contributed by atoms with Crippen molar-refractivity contribution in [3.8, 4) is 0 Å². The molecule has 1 rings (SSSR count). The highest BCUT2D eigenvalue weighted by Crippen LogP contribution is 2.22. The van der Waals surface area contributed by atoms with E-state index < -0.39 is 0 Å². The summed E-state index contributed by atoms with van der Waals surface area (Å²) in [6, 6.07) is 5.29. The van der Waals surface area contributed by atoms with E-state index >= 15 is 0 Å². The molecule has 0 saturated heterocycles. The zero-order valence-corrected chi connectivity index (χ0v) is 12.3. The zero-order valence-electron chi connectivity index (χ0n) is 9.17. The van der Waals surface area contributed by atoms with Crippen molar-refractivity contribution in [1.82, 2.24) is 4.90 Å². The van der Waals surface area contributed by atoms with E-state index in [1.165, 1.54) is 0 Å². The van der Waals surface area contributed by atoms with Gasteiger partial charge in [-0.15, -0.1) is 0 Å². The Labute approximate surface area is 113 Å². The van der Waals surface area contributed by atoms with Crippen LogP contribution < -0.4 is 0 Å². The number of thioether (sulfide) groups is 1. The number of nitrogens with zero attached hydrogens (tertiary/aromatic N) is 1. The van der Waals surface area contributed by atoms with E-state index in [0.29, 0.717) is 10.6 Å². The minimum absolute atomic E-state index is 0.0413. The van der Waals surface area contributed by atoms with Crippen molar-refractivity contribution in [3.63, 3.8) is 0 Å². The van der Waals surface area contributed by atoms with Crippen LogP contribution in [0.4, 0.5) is 0 Å². The smallest absolute Gasteiger partial charge is 0.255 e. The molecule has 0 aromatic heterocycles. The summed E-state index contributed by atoms with van der Waals surface area (Å²) in [6.45, 7) is 0.725. The molecular formula is C11H13BrClNOS. The molecule has 0 aliphatic heterocycles. The van der Waals surface area contributed by atoms with Crippen LogP contribution in [0.5, 0.6) is 0 Å². The van der Waals surface area contributed by atoms with Crippen LogP contribution in [0.3, 0.4) is 0 Å². The number of amides is 1. The lowest BCUT2D eigenvalue weighted by molar-refractivity contribution is 0.0804. The summed E-state index contributed by atoms with van der Waals surface area (Å²) in [5, 5.41) is 0.490. The highest BCUT2D eigenvalue weighted by molar-refractivity contribution is 9.10. The maximum atomic E-state index is 12.0. The van der Waals surface area contributed by atoms with Gasteiger partial charge in [0.25, 0.3) is 5.91 Å². The Kier molecular flexibility index (Phi) is 5.66. The summed E-state index contributed by atoms with van der Waals surface area (Å²) in [5.41, 5.74) is 0.541. The summed E-state index contributed by atoms with van der Waals surface area (Å²) < 4.78 is 0.860. The van der Waals surface area contributed by atoms with Crippen LogP contribution in [0.15, 0.2) is 22.7 Å². The molecule has 0 bridgehead atoms. The summed E-state index contributed by atoms with van der Waals surface area (Å²) in [6.07, 6.45) is 2.02. The first kappa shape index (κ1) is 13.9. The van der Waals surface area contributed by atoms with Crippen molar-refractivity contribution >= 4 is 45.2 Å². The highest BCUT2D eigenvalue weighted by atomic mass is 79.9. The third-order valence-corrected chi connectivity index (χ3v) is 3.55. The molecule has 0 atom stereocenters. The van der Waals surface area contributed by atoms with Crippen LogP contribution in [0.2, 0.25) is 5.02 Å².